The highest BCUT2D eigenvalue weighted by Gasteiger charge is 2.31. The smallest absolute Gasteiger partial charge is 0.126 e. The monoisotopic (exact) mass is 258 g/mol. The second-order valence-corrected chi connectivity index (χ2v) is 4.86. The number of ether oxygens (including phenoxy) is 1. The first-order valence-corrected chi connectivity index (χ1v) is 6.03. The molecular formula is C12H16ClFN2O. The van der Waals surface area contributed by atoms with Crippen LogP contribution in [-0.4, -0.2) is 25.3 Å². The van der Waals surface area contributed by atoms with Crippen LogP contribution in [0.15, 0.2) is 18.2 Å². The van der Waals surface area contributed by atoms with Crippen LogP contribution in [0.2, 0.25) is 5.02 Å². The summed E-state index contributed by atoms with van der Waals surface area (Å²) in [6, 6.07) is 4.38. The van der Waals surface area contributed by atoms with Gasteiger partial charge in [-0.3, -0.25) is 0 Å². The molecule has 0 radical (unpaired) electrons. The normalized spacial score (nSPS) is 24.6. The number of anilines is 1. The minimum Gasteiger partial charge on any atom is -0.379 e. The first-order chi connectivity index (χ1) is 8.13. The Morgan fingerprint density at radius 2 is 2.29 bits per heavy atom. The summed E-state index contributed by atoms with van der Waals surface area (Å²) in [7, 11) is 0. The molecule has 1 aliphatic rings. The zero-order chi connectivity index (χ0) is 12.3. The van der Waals surface area contributed by atoms with E-state index in [1.54, 1.807) is 6.07 Å². The molecular weight excluding hydrogens is 243 g/mol. The molecule has 1 atom stereocenters. The summed E-state index contributed by atoms with van der Waals surface area (Å²) in [6.45, 7) is 1.74. The Morgan fingerprint density at radius 1 is 1.47 bits per heavy atom. The molecule has 1 aromatic rings. The van der Waals surface area contributed by atoms with Crippen molar-refractivity contribution in [1.29, 1.82) is 0 Å². The molecule has 2 rings (SSSR count). The van der Waals surface area contributed by atoms with E-state index in [1.165, 1.54) is 12.1 Å². The molecule has 0 aliphatic carbocycles. The SMILES string of the molecule is NCC1(Nc2cc(F)cc(Cl)c2)CCCOC1. The number of hydrogen-bond acceptors (Lipinski definition) is 3. The molecule has 0 spiro atoms. The average molecular weight is 259 g/mol. The fourth-order valence-electron chi connectivity index (χ4n) is 2.10. The van der Waals surface area contributed by atoms with Crippen LogP contribution in [0.5, 0.6) is 0 Å². The number of halogens is 2. The number of nitrogens with one attached hydrogen (secondary N) is 1. The molecule has 1 saturated heterocycles. The van der Waals surface area contributed by atoms with E-state index in [1.807, 2.05) is 0 Å². The zero-order valence-corrected chi connectivity index (χ0v) is 10.3. The van der Waals surface area contributed by atoms with E-state index in [0.29, 0.717) is 23.9 Å². The van der Waals surface area contributed by atoms with Crippen LogP contribution in [0, 0.1) is 5.82 Å². The highest BCUT2D eigenvalue weighted by atomic mass is 35.5. The van der Waals surface area contributed by atoms with E-state index in [0.717, 1.165) is 19.4 Å². The number of nitrogens with two attached hydrogens (primary N) is 1. The maximum absolute atomic E-state index is 13.2. The highest BCUT2D eigenvalue weighted by molar-refractivity contribution is 6.30. The van der Waals surface area contributed by atoms with Crippen molar-refractivity contribution in [3.63, 3.8) is 0 Å². The molecule has 3 N–H and O–H groups in total. The average Bonchev–Trinajstić information content (AvgIpc) is 2.29. The summed E-state index contributed by atoms with van der Waals surface area (Å²) in [5, 5.41) is 3.62. The van der Waals surface area contributed by atoms with Gasteiger partial charge in [0.15, 0.2) is 0 Å². The summed E-state index contributed by atoms with van der Waals surface area (Å²) in [5.74, 6) is -0.358. The number of benzene rings is 1. The van der Waals surface area contributed by atoms with Gasteiger partial charge in [0.2, 0.25) is 0 Å². The highest BCUT2D eigenvalue weighted by Crippen LogP contribution is 2.26. The lowest BCUT2D eigenvalue weighted by molar-refractivity contribution is 0.0502. The van der Waals surface area contributed by atoms with E-state index in [-0.39, 0.29) is 11.4 Å². The Morgan fingerprint density at radius 3 is 2.88 bits per heavy atom. The maximum atomic E-state index is 13.2. The van der Waals surface area contributed by atoms with Gasteiger partial charge >= 0.3 is 0 Å². The van der Waals surface area contributed by atoms with Gasteiger partial charge in [0.25, 0.3) is 0 Å². The molecule has 94 valence electrons. The van der Waals surface area contributed by atoms with Gasteiger partial charge in [0.05, 0.1) is 12.1 Å². The summed E-state index contributed by atoms with van der Waals surface area (Å²) < 4.78 is 18.7. The Labute approximate surface area is 105 Å². The van der Waals surface area contributed by atoms with Crippen LogP contribution >= 0.6 is 11.6 Å². The minimum absolute atomic E-state index is 0.310. The van der Waals surface area contributed by atoms with Crippen molar-refractivity contribution in [3.05, 3.63) is 29.0 Å². The third kappa shape index (κ3) is 3.09. The molecule has 0 aromatic heterocycles. The van der Waals surface area contributed by atoms with Gasteiger partial charge in [-0.15, -0.1) is 0 Å². The first-order valence-electron chi connectivity index (χ1n) is 5.66. The van der Waals surface area contributed by atoms with Crippen LogP contribution in [0.3, 0.4) is 0 Å². The van der Waals surface area contributed by atoms with Crippen LogP contribution in [-0.2, 0) is 4.74 Å². The second-order valence-electron chi connectivity index (χ2n) is 4.42. The number of rotatable bonds is 3. The van der Waals surface area contributed by atoms with Crippen molar-refractivity contribution >= 4 is 17.3 Å². The van der Waals surface area contributed by atoms with E-state index in [2.05, 4.69) is 5.32 Å². The zero-order valence-electron chi connectivity index (χ0n) is 9.51. The van der Waals surface area contributed by atoms with Crippen molar-refractivity contribution in [2.24, 2.45) is 5.73 Å². The minimum atomic E-state index is -0.358. The third-order valence-corrected chi connectivity index (χ3v) is 3.20. The van der Waals surface area contributed by atoms with Crippen molar-refractivity contribution in [2.45, 2.75) is 18.4 Å². The fourth-order valence-corrected chi connectivity index (χ4v) is 2.32. The Bertz CT molecular complexity index is 374. The molecule has 3 nitrogen and oxygen atoms in total. The van der Waals surface area contributed by atoms with Crippen molar-refractivity contribution in [3.8, 4) is 0 Å². The number of hydrogen-bond donors (Lipinski definition) is 2. The van der Waals surface area contributed by atoms with E-state index < -0.39 is 0 Å². The molecule has 0 saturated carbocycles. The maximum Gasteiger partial charge on any atom is 0.126 e. The van der Waals surface area contributed by atoms with Crippen molar-refractivity contribution in [2.75, 3.05) is 25.1 Å². The Kier molecular flexibility index (Phi) is 3.86. The molecule has 1 aliphatic heterocycles. The van der Waals surface area contributed by atoms with Crippen molar-refractivity contribution in [1.82, 2.24) is 0 Å². The van der Waals surface area contributed by atoms with Crippen LogP contribution in [0.4, 0.5) is 10.1 Å². The lowest BCUT2D eigenvalue weighted by Crippen LogP contribution is -2.51. The molecule has 5 heteroatoms. The van der Waals surface area contributed by atoms with Gasteiger partial charge in [-0.2, -0.15) is 0 Å². The predicted octanol–water partition coefficient (Wildman–Crippen LogP) is 2.40. The third-order valence-electron chi connectivity index (χ3n) is 2.99. The van der Waals surface area contributed by atoms with Crippen LogP contribution in [0.25, 0.3) is 0 Å². The van der Waals surface area contributed by atoms with Crippen LogP contribution in [0.1, 0.15) is 12.8 Å². The van der Waals surface area contributed by atoms with E-state index in [9.17, 15) is 4.39 Å². The van der Waals surface area contributed by atoms with Gasteiger partial charge in [0.1, 0.15) is 5.82 Å². The van der Waals surface area contributed by atoms with Gasteiger partial charge in [-0.25, -0.2) is 4.39 Å². The summed E-state index contributed by atoms with van der Waals surface area (Å²) >= 11 is 5.81. The summed E-state index contributed by atoms with van der Waals surface area (Å²) in [4.78, 5) is 0. The molecule has 1 heterocycles. The standard InChI is InChI=1S/C12H16ClFN2O/c13-9-4-10(14)6-11(5-9)16-12(7-15)2-1-3-17-8-12/h4-6,16H,1-3,7-8,15H2. The Balaban J connectivity index is 2.17. The first kappa shape index (κ1) is 12.6. The largest absolute Gasteiger partial charge is 0.379 e. The van der Waals surface area contributed by atoms with Gasteiger partial charge in [-0.1, -0.05) is 11.6 Å². The second kappa shape index (κ2) is 5.21. The predicted molar refractivity (Wildman–Crippen MR) is 66.9 cm³/mol. The quantitative estimate of drug-likeness (QED) is 0.875. The molecule has 0 bridgehead atoms. The fraction of sp³-hybridized carbons (Fsp3) is 0.500. The van der Waals surface area contributed by atoms with Gasteiger partial charge < -0.3 is 15.8 Å². The summed E-state index contributed by atoms with van der Waals surface area (Å²) in [6.07, 6.45) is 1.87. The molecule has 1 aromatic carbocycles. The van der Waals surface area contributed by atoms with Gasteiger partial charge in [-0.05, 0) is 31.0 Å². The molecule has 1 unspecified atom stereocenters. The molecule has 0 amide bonds. The molecule has 1 fully saturated rings. The van der Waals surface area contributed by atoms with Gasteiger partial charge in [0, 0.05) is 23.9 Å². The lowest BCUT2D eigenvalue weighted by Gasteiger charge is -2.37. The van der Waals surface area contributed by atoms with Crippen LogP contribution < -0.4 is 11.1 Å². The van der Waals surface area contributed by atoms with E-state index >= 15 is 0 Å². The summed E-state index contributed by atoms with van der Waals surface area (Å²) in [5.41, 5.74) is 6.13. The lowest BCUT2D eigenvalue weighted by atomic mass is 9.92. The molecule has 17 heavy (non-hydrogen) atoms. The van der Waals surface area contributed by atoms with Crippen molar-refractivity contribution < 1.29 is 9.13 Å². The van der Waals surface area contributed by atoms with E-state index in [4.69, 9.17) is 22.1 Å². The Hall–Kier alpha value is -0.840. The topological polar surface area (TPSA) is 47.3 Å².